The molecule has 3 aromatic rings. The number of carbonyl (C=O) groups is 2. The third-order valence-corrected chi connectivity index (χ3v) is 4.94. The molecule has 0 aromatic heterocycles. The maximum absolute atomic E-state index is 12.6. The molecular formula is C25H26N2O3. The first-order valence-electron chi connectivity index (χ1n) is 9.93. The predicted octanol–water partition coefficient (Wildman–Crippen LogP) is 3.90. The topological polar surface area (TPSA) is 67.4 Å². The summed E-state index contributed by atoms with van der Waals surface area (Å²) in [5.41, 5.74) is 3.16. The van der Waals surface area contributed by atoms with E-state index in [0.717, 1.165) is 16.7 Å². The highest BCUT2D eigenvalue weighted by atomic mass is 16.5. The lowest BCUT2D eigenvalue weighted by molar-refractivity contribution is -0.142. The van der Waals surface area contributed by atoms with Gasteiger partial charge in [-0.25, -0.2) is 9.59 Å². The molecule has 3 rings (SSSR count). The number of hydrogen-bond acceptors (Lipinski definition) is 3. The van der Waals surface area contributed by atoms with E-state index >= 15 is 0 Å². The van der Waals surface area contributed by atoms with Gasteiger partial charge < -0.3 is 15.4 Å². The molecule has 0 aliphatic heterocycles. The van der Waals surface area contributed by atoms with Gasteiger partial charge in [-0.15, -0.1) is 0 Å². The number of esters is 1. The number of hydrogen-bond donors (Lipinski definition) is 2. The summed E-state index contributed by atoms with van der Waals surface area (Å²) in [6.07, 6.45) is 0.363. The molecule has 0 saturated heterocycles. The Kier molecular flexibility index (Phi) is 7.61. The van der Waals surface area contributed by atoms with Gasteiger partial charge in [0.25, 0.3) is 0 Å². The summed E-state index contributed by atoms with van der Waals surface area (Å²) < 4.78 is 4.87. The Morgan fingerprint density at radius 2 is 1.30 bits per heavy atom. The van der Waals surface area contributed by atoms with Crippen molar-refractivity contribution in [3.63, 3.8) is 0 Å². The van der Waals surface area contributed by atoms with Crippen LogP contribution in [0.15, 0.2) is 91.0 Å². The van der Waals surface area contributed by atoms with Crippen molar-refractivity contribution in [2.45, 2.75) is 18.4 Å². The second-order valence-electron chi connectivity index (χ2n) is 6.99. The molecule has 2 N–H and O–H groups in total. The average Bonchev–Trinajstić information content (AvgIpc) is 2.80. The molecule has 154 valence electrons. The van der Waals surface area contributed by atoms with Gasteiger partial charge in [0.1, 0.15) is 6.04 Å². The van der Waals surface area contributed by atoms with Gasteiger partial charge in [0, 0.05) is 18.9 Å². The Morgan fingerprint density at radius 1 is 0.800 bits per heavy atom. The molecule has 0 spiro atoms. The van der Waals surface area contributed by atoms with Gasteiger partial charge >= 0.3 is 12.0 Å². The summed E-state index contributed by atoms with van der Waals surface area (Å²) in [5, 5.41) is 5.67. The highest BCUT2D eigenvalue weighted by Gasteiger charge is 2.23. The van der Waals surface area contributed by atoms with Crippen molar-refractivity contribution >= 4 is 12.0 Å². The van der Waals surface area contributed by atoms with Crippen LogP contribution >= 0.6 is 0 Å². The average molecular weight is 402 g/mol. The van der Waals surface area contributed by atoms with Gasteiger partial charge in [-0.1, -0.05) is 91.0 Å². The molecule has 5 heteroatoms. The fourth-order valence-electron chi connectivity index (χ4n) is 3.39. The van der Waals surface area contributed by atoms with Crippen molar-refractivity contribution in [1.29, 1.82) is 0 Å². The van der Waals surface area contributed by atoms with Crippen molar-refractivity contribution < 1.29 is 14.3 Å². The molecule has 2 amide bonds. The summed E-state index contributed by atoms with van der Waals surface area (Å²) in [4.78, 5) is 24.8. The standard InChI is InChI=1S/C25H26N2O3/c1-30-24(28)23(17-19-11-5-2-6-12-19)27-25(29)26-18-22(20-13-7-3-8-14-20)21-15-9-4-10-16-21/h2-16,22-23H,17-18H2,1H3,(H2,26,27,29). The minimum atomic E-state index is -0.760. The minimum absolute atomic E-state index is 0.00356. The third-order valence-electron chi connectivity index (χ3n) is 4.94. The Balaban J connectivity index is 1.67. The molecule has 1 unspecified atom stereocenters. The lowest BCUT2D eigenvalue weighted by atomic mass is 9.91. The molecule has 0 fully saturated rings. The number of carbonyl (C=O) groups excluding carboxylic acids is 2. The molecule has 0 radical (unpaired) electrons. The second-order valence-corrected chi connectivity index (χ2v) is 6.99. The van der Waals surface area contributed by atoms with Gasteiger partial charge in [0.2, 0.25) is 0 Å². The summed E-state index contributed by atoms with van der Waals surface area (Å²) in [6, 6.07) is 28.4. The van der Waals surface area contributed by atoms with Crippen molar-refractivity contribution in [2.24, 2.45) is 0 Å². The van der Waals surface area contributed by atoms with Crippen molar-refractivity contribution in [3.8, 4) is 0 Å². The monoisotopic (exact) mass is 402 g/mol. The zero-order valence-corrected chi connectivity index (χ0v) is 17.0. The largest absolute Gasteiger partial charge is 0.467 e. The van der Waals surface area contributed by atoms with Crippen molar-refractivity contribution in [1.82, 2.24) is 10.6 Å². The number of methoxy groups -OCH3 is 1. The Bertz CT molecular complexity index is 891. The number of nitrogens with one attached hydrogen (secondary N) is 2. The number of benzene rings is 3. The molecule has 0 heterocycles. The Labute approximate surface area is 177 Å². The SMILES string of the molecule is COC(=O)C(Cc1ccccc1)NC(=O)NCC(c1ccccc1)c1ccccc1. The molecule has 0 saturated carbocycles. The molecule has 3 aromatic carbocycles. The fraction of sp³-hybridized carbons (Fsp3) is 0.200. The van der Waals surface area contributed by atoms with Gasteiger partial charge in [-0.05, 0) is 16.7 Å². The summed E-state index contributed by atoms with van der Waals surface area (Å²) in [7, 11) is 1.32. The minimum Gasteiger partial charge on any atom is -0.467 e. The van der Waals surface area contributed by atoms with Crippen LogP contribution in [-0.2, 0) is 16.0 Å². The number of amides is 2. The lowest BCUT2D eigenvalue weighted by Gasteiger charge is -2.21. The first-order chi connectivity index (χ1) is 14.7. The van der Waals surface area contributed by atoms with Crippen LogP contribution < -0.4 is 10.6 Å². The quantitative estimate of drug-likeness (QED) is 0.562. The molecule has 1 atom stereocenters. The molecule has 0 aliphatic carbocycles. The molecule has 5 nitrogen and oxygen atoms in total. The van der Waals surface area contributed by atoms with E-state index in [9.17, 15) is 9.59 Å². The third kappa shape index (κ3) is 5.95. The zero-order valence-electron chi connectivity index (χ0n) is 17.0. The molecule has 0 bridgehead atoms. The summed E-state index contributed by atoms with van der Waals surface area (Å²) in [6.45, 7) is 0.402. The first kappa shape index (κ1) is 21.1. The maximum atomic E-state index is 12.6. The van der Waals surface area contributed by atoms with E-state index in [4.69, 9.17) is 4.74 Å². The number of urea groups is 1. The zero-order chi connectivity index (χ0) is 21.2. The van der Waals surface area contributed by atoms with Gasteiger partial charge in [0.15, 0.2) is 0 Å². The van der Waals surface area contributed by atoms with Crippen LogP contribution in [-0.4, -0.2) is 31.7 Å². The van der Waals surface area contributed by atoms with E-state index < -0.39 is 18.0 Å². The molecule has 30 heavy (non-hydrogen) atoms. The molecule has 0 aliphatic rings. The predicted molar refractivity (Wildman–Crippen MR) is 117 cm³/mol. The van der Waals surface area contributed by atoms with E-state index in [1.807, 2.05) is 91.0 Å². The van der Waals surface area contributed by atoms with E-state index in [0.29, 0.717) is 13.0 Å². The maximum Gasteiger partial charge on any atom is 0.328 e. The highest BCUT2D eigenvalue weighted by molar-refractivity contribution is 5.83. The van der Waals surface area contributed by atoms with Gasteiger partial charge in [-0.3, -0.25) is 0 Å². The van der Waals surface area contributed by atoms with Crippen LogP contribution in [0, 0.1) is 0 Å². The Hall–Kier alpha value is -3.60. The van der Waals surface area contributed by atoms with E-state index in [1.54, 1.807) is 0 Å². The van der Waals surface area contributed by atoms with Crippen LogP contribution in [0.2, 0.25) is 0 Å². The van der Waals surface area contributed by atoms with Crippen molar-refractivity contribution in [3.05, 3.63) is 108 Å². The number of rotatable bonds is 8. The van der Waals surface area contributed by atoms with E-state index in [2.05, 4.69) is 10.6 Å². The normalized spacial score (nSPS) is 11.5. The van der Waals surface area contributed by atoms with Crippen LogP contribution in [0.5, 0.6) is 0 Å². The van der Waals surface area contributed by atoms with E-state index in [1.165, 1.54) is 7.11 Å². The molecular weight excluding hydrogens is 376 g/mol. The highest BCUT2D eigenvalue weighted by Crippen LogP contribution is 2.23. The Morgan fingerprint density at radius 3 is 1.80 bits per heavy atom. The van der Waals surface area contributed by atoms with Gasteiger partial charge in [-0.2, -0.15) is 0 Å². The van der Waals surface area contributed by atoms with Crippen LogP contribution in [0.4, 0.5) is 4.79 Å². The first-order valence-corrected chi connectivity index (χ1v) is 9.93. The smallest absolute Gasteiger partial charge is 0.328 e. The summed E-state index contributed by atoms with van der Waals surface area (Å²) >= 11 is 0. The van der Waals surface area contributed by atoms with Gasteiger partial charge in [0.05, 0.1) is 7.11 Å². The second kappa shape index (κ2) is 10.8. The van der Waals surface area contributed by atoms with E-state index in [-0.39, 0.29) is 5.92 Å². The fourth-order valence-corrected chi connectivity index (χ4v) is 3.39. The van der Waals surface area contributed by atoms with Crippen LogP contribution in [0.3, 0.4) is 0 Å². The van der Waals surface area contributed by atoms with Crippen LogP contribution in [0.25, 0.3) is 0 Å². The number of ether oxygens (including phenoxy) is 1. The van der Waals surface area contributed by atoms with Crippen molar-refractivity contribution in [2.75, 3.05) is 13.7 Å². The lowest BCUT2D eigenvalue weighted by Crippen LogP contribution is -2.48. The summed E-state index contributed by atoms with van der Waals surface area (Å²) in [5.74, 6) is -0.472. The van der Waals surface area contributed by atoms with Crippen LogP contribution in [0.1, 0.15) is 22.6 Å².